The van der Waals surface area contributed by atoms with Crippen molar-refractivity contribution >= 4 is 12.0 Å². The Bertz CT molecular complexity index is 651. The summed E-state index contributed by atoms with van der Waals surface area (Å²) in [7, 11) is 0. The number of carboxylic acid groups (broad SMARTS) is 1. The van der Waals surface area contributed by atoms with E-state index >= 15 is 0 Å². The minimum absolute atomic E-state index is 0.187. The Morgan fingerprint density at radius 2 is 2.26 bits per heavy atom. The Labute approximate surface area is 133 Å². The van der Waals surface area contributed by atoms with Crippen molar-refractivity contribution in [2.75, 3.05) is 19.7 Å². The van der Waals surface area contributed by atoms with Gasteiger partial charge in [0.25, 0.3) is 0 Å². The molecule has 3 rings (SSSR count). The van der Waals surface area contributed by atoms with Crippen LogP contribution in [0.2, 0.25) is 0 Å². The average Bonchev–Trinajstić information content (AvgIpc) is 2.91. The fraction of sp³-hybridized carbons (Fsp3) is 0.500. The lowest BCUT2D eigenvalue weighted by molar-refractivity contribution is -0.147. The molecule has 23 heavy (non-hydrogen) atoms. The first kappa shape index (κ1) is 15.6. The van der Waals surface area contributed by atoms with Crippen LogP contribution in [0, 0.1) is 11.2 Å². The highest BCUT2D eigenvalue weighted by Crippen LogP contribution is 2.30. The highest BCUT2D eigenvalue weighted by atomic mass is 19.1. The van der Waals surface area contributed by atoms with Crippen molar-refractivity contribution in [2.45, 2.75) is 25.8 Å². The molecule has 0 bridgehead atoms. The van der Waals surface area contributed by atoms with E-state index in [0.717, 1.165) is 5.56 Å². The quantitative estimate of drug-likeness (QED) is 0.867. The number of rotatable bonds is 2. The van der Waals surface area contributed by atoms with Crippen molar-refractivity contribution in [3.05, 3.63) is 29.6 Å². The molecule has 1 aromatic rings. The number of likely N-dealkylation sites (tertiary alicyclic amines) is 1. The monoisotopic (exact) mass is 322 g/mol. The zero-order valence-corrected chi connectivity index (χ0v) is 12.8. The minimum atomic E-state index is -0.893. The summed E-state index contributed by atoms with van der Waals surface area (Å²) in [5.74, 6) is -0.592. The number of carbonyl (C=O) groups is 2. The largest absolute Gasteiger partial charge is 0.491 e. The third kappa shape index (κ3) is 3.09. The van der Waals surface area contributed by atoms with E-state index in [9.17, 15) is 19.1 Å². The third-order valence-electron chi connectivity index (χ3n) is 4.53. The molecule has 0 aromatic heterocycles. The van der Waals surface area contributed by atoms with E-state index in [-0.39, 0.29) is 24.4 Å². The van der Waals surface area contributed by atoms with Crippen molar-refractivity contribution in [2.24, 2.45) is 5.41 Å². The molecule has 0 saturated carbocycles. The Morgan fingerprint density at radius 3 is 2.96 bits per heavy atom. The standard InChI is InChI=1S/C16H19FN2O4/c1-16(14(20)21)4-5-19(9-16)15(22)18-12-7-10-6-11(17)2-3-13(10)23-8-12/h2-3,6,12H,4-5,7-9H2,1H3,(H,18,22)(H,20,21). The number of fused-ring (bicyclic) bond motifs is 1. The molecule has 1 fully saturated rings. The van der Waals surface area contributed by atoms with Crippen LogP contribution in [-0.2, 0) is 11.2 Å². The van der Waals surface area contributed by atoms with Crippen molar-refractivity contribution in [3.63, 3.8) is 0 Å². The van der Waals surface area contributed by atoms with Crippen LogP contribution in [0.25, 0.3) is 0 Å². The number of carbonyl (C=O) groups excluding carboxylic acids is 1. The summed E-state index contributed by atoms with van der Waals surface area (Å²) in [6.45, 7) is 2.56. The molecule has 2 atom stereocenters. The molecule has 0 aliphatic carbocycles. The van der Waals surface area contributed by atoms with Gasteiger partial charge < -0.3 is 20.1 Å². The lowest BCUT2D eigenvalue weighted by Gasteiger charge is -2.28. The number of hydrogen-bond donors (Lipinski definition) is 2. The van der Waals surface area contributed by atoms with Crippen molar-refractivity contribution in [1.82, 2.24) is 10.2 Å². The smallest absolute Gasteiger partial charge is 0.317 e. The van der Waals surface area contributed by atoms with Crippen LogP contribution in [0.3, 0.4) is 0 Å². The maximum Gasteiger partial charge on any atom is 0.317 e. The van der Waals surface area contributed by atoms with E-state index in [0.29, 0.717) is 31.7 Å². The van der Waals surface area contributed by atoms with Gasteiger partial charge in [0.1, 0.15) is 18.2 Å². The fourth-order valence-electron chi connectivity index (χ4n) is 3.03. The number of ether oxygens (including phenoxy) is 1. The van der Waals surface area contributed by atoms with E-state index < -0.39 is 11.4 Å². The first-order valence-electron chi connectivity index (χ1n) is 7.57. The molecule has 0 radical (unpaired) electrons. The van der Waals surface area contributed by atoms with Crippen LogP contribution in [0.1, 0.15) is 18.9 Å². The van der Waals surface area contributed by atoms with Gasteiger partial charge in [0.05, 0.1) is 11.5 Å². The number of nitrogens with one attached hydrogen (secondary N) is 1. The molecule has 2 unspecified atom stereocenters. The SMILES string of the molecule is CC1(C(=O)O)CCN(C(=O)NC2COc3ccc(F)cc3C2)C1. The predicted octanol–water partition coefficient (Wildman–Crippen LogP) is 1.64. The lowest BCUT2D eigenvalue weighted by Crippen LogP contribution is -2.49. The Kier molecular flexibility index (Phi) is 3.87. The van der Waals surface area contributed by atoms with Crippen molar-refractivity contribution < 1.29 is 23.8 Å². The molecule has 2 aliphatic heterocycles. The van der Waals surface area contributed by atoms with Gasteiger partial charge in [-0.3, -0.25) is 4.79 Å². The van der Waals surface area contributed by atoms with Gasteiger partial charge in [-0.05, 0) is 43.5 Å². The van der Waals surface area contributed by atoms with Gasteiger partial charge in [0, 0.05) is 13.1 Å². The topological polar surface area (TPSA) is 78.9 Å². The van der Waals surface area contributed by atoms with Gasteiger partial charge in [-0.2, -0.15) is 0 Å². The maximum atomic E-state index is 13.3. The number of carboxylic acids is 1. The molecule has 0 spiro atoms. The minimum Gasteiger partial charge on any atom is -0.491 e. The lowest BCUT2D eigenvalue weighted by atomic mass is 9.90. The summed E-state index contributed by atoms with van der Waals surface area (Å²) < 4.78 is 18.8. The Balaban J connectivity index is 1.60. The number of amides is 2. The van der Waals surface area contributed by atoms with Gasteiger partial charge in [0.15, 0.2) is 0 Å². The number of aliphatic carboxylic acids is 1. The number of nitrogens with zero attached hydrogens (tertiary/aromatic N) is 1. The fourth-order valence-corrected chi connectivity index (χ4v) is 3.03. The second-order valence-corrected chi connectivity index (χ2v) is 6.45. The van der Waals surface area contributed by atoms with E-state index in [2.05, 4.69) is 5.32 Å². The Morgan fingerprint density at radius 1 is 1.48 bits per heavy atom. The number of benzene rings is 1. The molecular weight excluding hydrogens is 303 g/mol. The zero-order chi connectivity index (χ0) is 16.6. The average molecular weight is 322 g/mol. The molecule has 2 amide bonds. The molecule has 2 aliphatic rings. The molecule has 2 N–H and O–H groups in total. The van der Waals surface area contributed by atoms with E-state index in [1.807, 2.05) is 0 Å². The van der Waals surface area contributed by atoms with Crippen LogP contribution >= 0.6 is 0 Å². The number of urea groups is 1. The van der Waals surface area contributed by atoms with E-state index in [1.54, 1.807) is 13.0 Å². The van der Waals surface area contributed by atoms with Gasteiger partial charge in [-0.25, -0.2) is 9.18 Å². The number of halogens is 1. The summed E-state index contributed by atoms with van der Waals surface area (Å²) in [4.78, 5) is 25.0. The molecule has 7 heteroatoms. The number of hydrogen-bond acceptors (Lipinski definition) is 3. The first-order chi connectivity index (χ1) is 10.9. The van der Waals surface area contributed by atoms with Crippen LogP contribution in [0.15, 0.2) is 18.2 Å². The third-order valence-corrected chi connectivity index (χ3v) is 4.53. The van der Waals surface area contributed by atoms with Crippen molar-refractivity contribution in [3.8, 4) is 5.75 Å². The van der Waals surface area contributed by atoms with Gasteiger partial charge >= 0.3 is 12.0 Å². The molecule has 1 aromatic carbocycles. The van der Waals surface area contributed by atoms with Gasteiger partial charge in [0.2, 0.25) is 0 Å². The van der Waals surface area contributed by atoms with E-state index in [1.165, 1.54) is 17.0 Å². The van der Waals surface area contributed by atoms with Crippen LogP contribution in [0.5, 0.6) is 5.75 Å². The first-order valence-corrected chi connectivity index (χ1v) is 7.57. The van der Waals surface area contributed by atoms with Crippen LogP contribution in [0.4, 0.5) is 9.18 Å². The van der Waals surface area contributed by atoms with Crippen LogP contribution < -0.4 is 10.1 Å². The summed E-state index contributed by atoms with van der Waals surface area (Å²) in [6, 6.07) is 3.78. The van der Waals surface area contributed by atoms with Gasteiger partial charge in [-0.15, -0.1) is 0 Å². The maximum absolute atomic E-state index is 13.3. The van der Waals surface area contributed by atoms with E-state index in [4.69, 9.17) is 4.74 Å². The zero-order valence-electron chi connectivity index (χ0n) is 12.8. The molecule has 6 nitrogen and oxygen atoms in total. The summed E-state index contributed by atoms with van der Waals surface area (Å²) in [6.07, 6.45) is 0.924. The molecular formula is C16H19FN2O4. The highest BCUT2D eigenvalue weighted by molar-refractivity contribution is 5.79. The second-order valence-electron chi connectivity index (χ2n) is 6.45. The van der Waals surface area contributed by atoms with Crippen molar-refractivity contribution in [1.29, 1.82) is 0 Å². The second kappa shape index (κ2) is 5.72. The molecule has 124 valence electrons. The highest BCUT2D eigenvalue weighted by Gasteiger charge is 2.42. The predicted molar refractivity (Wildman–Crippen MR) is 79.9 cm³/mol. The molecule has 2 heterocycles. The Hall–Kier alpha value is -2.31. The normalized spacial score (nSPS) is 26.3. The summed E-state index contributed by atoms with van der Waals surface area (Å²) >= 11 is 0. The van der Waals surface area contributed by atoms with Crippen LogP contribution in [-0.4, -0.2) is 47.7 Å². The summed E-state index contributed by atoms with van der Waals surface area (Å²) in [5.41, 5.74) is -0.172. The molecule has 1 saturated heterocycles. The van der Waals surface area contributed by atoms with Gasteiger partial charge in [-0.1, -0.05) is 0 Å². The summed E-state index contributed by atoms with van der Waals surface area (Å²) in [5, 5.41) is 12.1.